The van der Waals surface area contributed by atoms with Crippen LogP contribution in [0.3, 0.4) is 0 Å². The van der Waals surface area contributed by atoms with Crippen molar-refractivity contribution in [1.82, 2.24) is 10.2 Å². The summed E-state index contributed by atoms with van der Waals surface area (Å²) >= 11 is 0. The first-order chi connectivity index (χ1) is 10.1. The summed E-state index contributed by atoms with van der Waals surface area (Å²) in [5, 5.41) is 13.1. The first-order valence-electron chi connectivity index (χ1n) is 7.43. The van der Waals surface area contributed by atoms with Crippen LogP contribution in [0.15, 0.2) is 18.2 Å². The zero-order valence-electron chi connectivity index (χ0n) is 12.1. The van der Waals surface area contributed by atoms with E-state index in [4.69, 9.17) is 0 Å². The summed E-state index contributed by atoms with van der Waals surface area (Å²) in [7, 11) is 0. The molecule has 2 amide bonds. The monoisotopic (exact) mass is 288 g/mol. The molecule has 0 aromatic heterocycles. The number of phenols is 1. The second-order valence-corrected chi connectivity index (χ2v) is 5.98. The SMILES string of the molecule is Cc1cccc(C(=O)N2CCC3NC(=O)CCC3C2)c1O. The average Bonchev–Trinajstić information content (AvgIpc) is 2.49. The van der Waals surface area contributed by atoms with Gasteiger partial charge in [0.2, 0.25) is 5.91 Å². The molecule has 2 fully saturated rings. The Bertz CT molecular complexity index is 585. The van der Waals surface area contributed by atoms with Crippen molar-refractivity contribution in [3.63, 3.8) is 0 Å². The van der Waals surface area contributed by atoms with E-state index in [0.717, 1.165) is 12.8 Å². The number of nitrogens with zero attached hydrogens (tertiary/aromatic N) is 1. The fraction of sp³-hybridized carbons (Fsp3) is 0.500. The van der Waals surface area contributed by atoms with Crippen molar-refractivity contribution >= 4 is 11.8 Å². The number of hydrogen-bond acceptors (Lipinski definition) is 3. The number of para-hydroxylation sites is 1. The lowest BCUT2D eigenvalue weighted by molar-refractivity contribution is -0.125. The van der Waals surface area contributed by atoms with E-state index in [1.165, 1.54) is 0 Å². The van der Waals surface area contributed by atoms with Gasteiger partial charge in [-0.15, -0.1) is 0 Å². The molecule has 0 saturated carbocycles. The Hall–Kier alpha value is -2.04. The molecular weight excluding hydrogens is 268 g/mol. The molecule has 112 valence electrons. The summed E-state index contributed by atoms with van der Waals surface area (Å²) < 4.78 is 0. The Balaban J connectivity index is 1.75. The number of carbonyl (C=O) groups is 2. The normalized spacial score (nSPS) is 25.2. The first-order valence-corrected chi connectivity index (χ1v) is 7.43. The second-order valence-electron chi connectivity index (χ2n) is 5.98. The minimum Gasteiger partial charge on any atom is -0.507 e. The maximum Gasteiger partial charge on any atom is 0.257 e. The van der Waals surface area contributed by atoms with Crippen molar-refractivity contribution in [1.29, 1.82) is 0 Å². The molecule has 21 heavy (non-hydrogen) atoms. The molecule has 2 saturated heterocycles. The van der Waals surface area contributed by atoms with Gasteiger partial charge >= 0.3 is 0 Å². The molecule has 5 heteroatoms. The summed E-state index contributed by atoms with van der Waals surface area (Å²) in [6.07, 6.45) is 2.16. The lowest BCUT2D eigenvalue weighted by Gasteiger charge is -2.41. The van der Waals surface area contributed by atoms with Crippen LogP contribution in [-0.2, 0) is 4.79 Å². The van der Waals surface area contributed by atoms with Gasteiger partial charge in [-0.25, -0.2) is 0 Å². The average molecular weight is 288 g/mol. The van der Waals surface area contributed by atoms with Crippen LogP contribution in [0.2, 0.25) is 0 Å². The van der Waals surface area contributed by atoms with Crippen molar-refractivity contribution in [2.75, 3.05) is 13.1 Å². The predicted octanol–water partition coefficient (Wildman–Crippen LogP) is 1.44. The number of aryl methyl sites for hydroxylation is 1. The predicted molar refractivity (Wildman–Crippen MR) is 78.0 cm³/mol. The molecule has 0 radical (unpaired) electrons. The largest absolute Gasteiger partial charge is 0.507 e. The summed E-state index contributed by atoms with van der Waals surface area (Å²) in [4.78, 5) is 25.8. The van der Waals surface area contributed by atoms with Gasteiger partial charge in [0.15, 0.2) is 0 Å². The van der Waals surface area contributed by atoms with Gasteiger partial charge in [-0.05, 0) is 37.3 Å². The van der Waals surface area contributed by atoms with Crippen molar-refractivity contribution in [3.05, 3.63) is 29.3 Å². The Morgan fingerprint density at radius 3 is 3.00 bits per heavy atom. The summed E-state index contributed by atoms with van der Waals surface area (Å²) in [6.45, 7) is 3.06. The molecule has 2 unspecified atom stereocenters. The summed E-state index contributed by atoms with van der Waals surface area (Å²) in [5.74, 6) is 0.396. The molecule has 0 spiro atoms. The van der Waals surface area contributed by atoms with Gasteiger partial charge in [0.25, 0.3) is 5.91 Å². The minimum absolute atomic E-state index is 0.0709. The Morgan fingerprint density at radius 2 is 2.19 bits per heavy atom. The summed E-state index contributed by atoms with van der Waals surface area (Å²) in [5.41, 5.74) is 1.08. The van der Waals surface area contributed by atoms with E-state index in [1.807, 2.05) is 0 Å². The van der Waals surface area contributed by atoms with Crippen molar-refractivity contribution in [3.8, 4) is 5.75 Å². The third-order valence-electron chi connectivity index (χ3n) is 4.58. The molecule has 2 N–H and O–H groups in total. The molecule has 0 bridgehead atoms. The van der Waals surface area contributed by atoms with Crippen LogP contribution in [0.5, 0.6) is 5.75 Å². The van der Waals surface area contributed by atoms with Gasteiger partial charge in [0, 0.05) is 25.6 Å². The van der Waals surface area contributed by atoms with Gasteiger partial charge in [0.1, 0.15) is 5.75 Å². The number of nitrogens with one attached hydrogen (secondary N) is 1. The maximum atomic E-state index is 12.6. The molecule has 3 rings (SSSR count). The van der Waals surface area contributed by atoms with Gasteiger partial charge < -0.3 is 15.3 Å². The van der Waals surface area contributed by atoms with E-state index >= 15 is 0 Å². The number of fused-ring (bicyclic) bond motifs is 1. The van der Waals surface area contributed by atoms with Crippen LogP contribution in [0.25, 0.3) is 0 Å². The molecule has 1 aromatic rings. The fourth-order valence-electron chi connectivity index (χ4n) is 3.30. The number of carbonyl (C=O) groups excluding carboxylic acids is 2. The molecule has 2 aliphatic heterocycles. The van der Waals surface area contributed by atoms with Gasteiger partial charge in [0.05, 0.1) is 5.56 Å². The molecular formula is C16H20N2O3. The number of hydrogen-bond donors (Lipinski definition) is 2. The van der Waals surface area contributed by atoms with Crippen molar-refractivity contribution < 1.29 is 14.7 Å². The minimum atomic E-state index is -0.119. The van der Waals surface area contributed by atoms with Crippen LogP contribution < -0.4 is 5.32 Å². The lowest BCUT2D eigenvalue weighted by Crippen LogP contribution is -2.55. The highest BCUT2D eigenvalue weighted by Gasteiger charge is 2.35. The van der Waals surface area contributed by atoms with E-state index < -0.39 is 0 Å². The van der Waals surface area contributed by atoms with Crippen molar-refractivity contribution in [2.24, 2.45) is 5.92 Å². The zero-order valence-corrected chi connectivity index (χ0v) is 12.1. The number of benzene rings is 1. The topological polar surface area (TPSA) is 69.6 Å². The van der Waals surface area contributed by atoms with Gasteiger partial charge in [-0.2, -0.15) is 0 Å². The van der Waals surface area contributed by atoms with Crippen LogP contribution in [0.1, 0.15) is 35.2 Å². The van der Waals surface area contributed by atoms with E-state index in [-0.39, 0.29) is 23.6 Å². The first kappa shape index (κ1) is 13.9. The quantitative estimate of drug-likeness (QED) is 0.821. The van der Waals surface area contributed by atoms with E-state index in [9.17, 15) is 14.7 Å². The summed E-state index contributed by atoms with van der Waals surface area (Å²) in [6, 6.07) is 5.44. The fourth-order valence-corrected chi connectivity index (χ4v) is 3.30. The number of aromatic hydroxyl groups is 1. The smallest absolute Gasteiger partial charge is 0.257 e. The lowest BCUT2D eigenvalue weighted by atomic mass is 9.85. The molecule has 0 aliphatic carbocycles. The van der Waals surface area contributed by atoms with Gasteiger partial charge in [-0.1, -0.05) is 12.1 Å². The standard InChI is InChI=1S/C16H20N2O3/c1-10-3-2-4-12(15(10)20)16(21)18-8-7-13-11(9-18)5-6-14(19)17-13/h2-4,11,13,20H,5-9H2,1H3,(H,17,19). The van der Waals surface area contributed by atoms with Gasteiger partial charge in [-0.3, -0.25) is 9.59 Å². The Labute approximate surface area is 123 Å². The number of likely N-dealkylation sites (tertiary alicyclic amines) is 1. The molecule has 2 atom stereocenters. The van der Waals surface area contributed by atoms with Crippen LogP contribution in [-0.4, -0.2) is 41.0 Å². The highest BCUT2D eigenvalue weighted by molar-refractivity contribution is 5.97. The maximum absolute atomic E-state index is 12.6. The molecule has 5 nitrogen and oxygen atoms in total. The highest BCUT2D eigenvalue weighted by atomic mass is 16.3. The number of piperidine rings is 2. The molecule has 2 heterocycles. The Kier molecular flexibility index (Phi) is 3.57. The second kappa shape index (κ2) is 5.39. The molecule has 2 aliphatic rings. The highest BCUT2D eigenvalue weighted by Crippen LogP contribution is 2.28. The number of amides is 2. The third-order valence-corrected chi connectivity index (χ3v) is 4.58. The number of rotatable bonds is 1. The van der Waals surface area contributed by atoms with Crippen LogP contribution in [0.4, 0.5) is 0 Å². The number of phenolic OH excluding ortho intramolecular Hbond substituents is 1. The van der Waals surface area contributed by atoms with Crippen molar-refractivity contribution in [2.45, 2.75) is 32.2 Å². The van der Waals surface area contributed by atoms with Crippen LogP contribution in [0, 0.1) is 12.8 Å². The molecule has 1 aromatic carbocycles. The van der Waals surface area contributed by atoms with Crippen LogP contribution >= 0.6 is 0 Å². The van der Waals surface area contributed by atoms with E-state index in [1.54, 1.807) is 30.0 Å². The third kappa shape index (κ3) is 2.60. The zero-order chi connectivity index (χ0) is 15.0. The van der Waals surface area contributed by atoms with E-state index in [2.05, 4.69) is 5.32 Å². The Morgan fingerprint density at radius 1 is 1.38 bits per heavy atom. The van der Waals surface area contributed by atoms with E-state index in [0.29, 0.717) is 36.6 Å².